The van der Waals surface area contributed by atoms with Crippen LogP contribution in [0.3, 0.4) is 0 Å². The first-order valence-corrected chi connectivity index (χ1v) is 6.12. The van der Waals surface area contributed by atoms with Gasteiger partial charge in [0, 0.05) is 12.1 Å². The van der Waals surface area contributed by atoms with E-state index in [0.717, 1.165) is 5.56 Å². The minimum atomic E-state index is -0.464. The molecular formula is C13H18BN2O3. The zero-order valence-corrected chi connectivity index (χ0v) is 11.7. The summed E-state index contributed by atoms with van der Waals surface area (Å²) in [6.45, 7) is 7.78. The summed E-state index contributed by atoms with van der Waals surface area (Å²) < 4.78 is 0. The number of anilines is 1. The average Bonchev–Trinajstić information content (AvgIpc) is 2.27. The van der Waals surface area contributed by atoms with Crippen molar-refractivity contribution < 1.29 is 9.72 Å². The highest BCUT2D eigenvalue weighted by atomic mass is 16.6. The quantitative estimate of drug-likeness (QED) is 0.514. The summed E-state index contributed by atoms with van der Waals surface area (Å²) in [7, 11) is 1.74. The molecule has 1 N–H and O–H groups in total. The van der Waals surface area contributed by atoms with Gasteiger partial charge in [0.05, 0.1) is 10.6 Å². The van der Waals surface area contributed by atoms with Crippen LogP contribution in [0, 0.1) is 10.1 Å². The van der Waals surface area contributed by atoms with E-state index in [1.807, 2.05) is 20.8 Å². The summed E-state index contributed by atoms with van der Waals surface area (Å²) in [5, 5.41) is 13.6. The first-order chi connectivity index (χ1) is 8.75. The lowest BCUT2D eigenvalue weighted by atomic mass is 9.77. The minimum absolute atomic E-state index is 0.0243. The third-order valence-electron chi connectivity index (χ3n) is 2.69. The van der Waals surface area contributed by atoms with Crippen LogP contribution < -0.4 is 5.32 Å². The molecule has 6 heteroatoms. The summed E-state index contributed by atoms with van der Waals surface area (Å²) >= 11 is 0. The highest BCUT2D eigenvalue weighted by molar-refractivity contribution is 6.40. The van der Waals surface area contributed by atoms with Crippen LogP contribution in [0.25, 0.3) is 0 Å². The lowest BCUT2D eigenvalue weighted by Crippen LogP contribution is -2.19. The molecule has 1 aromatic carbocycles. The standard InChI is InChI=1S/C13H18BN2O3/c1-13(2,3)10-6-5-9(16(18)19)7-11(10)15-12(17)8-14-4/h5-7H,8H2,1-4H3,(H,15,17). The molecule has 1 aromatic rings. The van der Waals surface area contributed by atoms with Gasteiger partial charge in [-0.15, -0.1) is 0 Å². The number of carbonyl (C=O) groups is 1. The van der Waals surface area contributed by atoms with E-state index in [0.29, 0.717) is 5.69 Å². The Balaban J connectivity index is 3.18. The smallest absolute Gasteiger partial charge is 0.271 e. The maximum Gasteiger partial charge on any atom is 0.271 e. The van der Waals surface area contributed by atoms with E-state index >= 15 is 0 Å². The van der Waals surface area contributed by atoms with Crippen LogP contribution in [-0.4, -0.2) is 18.1 Å². The van der Waals surface area contributed by atoms with E-state index in [1.165, 1.54) is 12.1 Å². The van der Waals surface area contributed by atoms with Crippen LogP contribution in [0.4, 0.5) is 11.4 Å². The molecule has 1 amide bonds. The van der Waals surface area contributed by atoms with Crippen molar-refractivity contribution in [1.82, 2.24) is 0 Å². The third-order valence-corrected chi connectivity index (χ3v) is 2.69. The minimum Gasteiger partial charge on any atom is -0.326 e. The van der Waals surface area contributed by atoms with Gasteiger partial charge in [-0.2, -0.15) is 0 Å². The molecule has 0 fully saturated rings. The van der Waals surface area contributed by atoms with E-state index < -0.39 is 4.92 Å². The Labute approximate surface area is 113 Å². The van der Waals surface area contributed by atoms with E-state index in [9.17, 15) is 14.9 Å². The molecule has 0 aromatic heterocycles. The predicted molar refractivity (Wildman–Crippen MR) is 76.9 cm³/mol. The van der Waals surface area contributed by atoms with Gasteiger partial charge < -0.3 is 5.32 Å². The van der Waals surface area contributed by atoms with Crippen LogP contribution in [-0.2, 0) is 10.2 Å². The molecule has 0 saturated heterocycles. The van der Waals surface area contributed by atoms with Gasteiger partial charge >= 0.3 is 0 Å². The Morgan fingerprint density at radius 2 is 2.05 bits per heavy atom. The molecule has 0 aliphatic carbocycles. The molecule has 0 atom stereocenters. The highest BCUT2D eigenvalue weighted by Crippen LogP contribution is 2.32. The van der Waals surface area contributed by atoms with Crippen LogP contribution >= 0.6 is 0 Å². The lowest BCUT2D eigenvalue weighted by molar-refractivity contribution is -0.384. The zero-order valence-electron chi connectivity index (χ0n) is 11.7. The molecule has 1 radical (unpaired) electrons. The van der Waals surface area contributed by atoms with Crippen LogP contribution in [0.15, 0.2) is 18.2 Å². The molecule has 101 valence electrons. The second kappa shape index (κ2) is 5.86. The number of nitrogens with one attached hydrogen (secondary N) is 1. The second-order valence-electron chi connectivity index (χ2n) is 5.40. The van der Waals surface area contributed by atoms with Gasteiger partial charge in [0.15, 0.2) is 0 Å². The SMILES string of the molecule is C[B]CC(=O)Nc1cc([N+](=O)[O-])ccc1C(C)(C)C. The topological polar surface area (TPSA) is 72.2 Å². The maximum absolute atomic E-state index is 11.7. The van der Waals surface area contributed by atoms with Gasteiger partial charge in [0.25, 0.3) is 5.69 Å². The fraction of sp³-hybridized carbons (Fsp3) is 0.462. The Bertz CT molecular complexity index is 495. The predicted octanol–water partition coefficient (Wildman–Crippen LogP) is 3.00. The molecule has 0 heterocycles. The number of benzene rings is 1. The summed E-state index contributed by atoms with van der Waals surface area (Å²) in [6.07, 6.45) is 0.284. The Morgan fingerprint density at radius 3 is 2.53 bits per heavy atom. The summed E-state index contributed by atoms with van der Waals surface area (Å²) in [4.78, 5) is 22.0. The van der Waals surface area contributed by atoms with Gasteiger partial charge in [-0.05, 0) is 23.4 Å². The van der Waals surface area contributed by atoms with Crippen molar-refractivity contribution in [3.05, 3.63) is 33.9 Å². The van der Waals surface area contributed by atoms with Crippen molar-refractivity contribution in [1.29, 1.82) is 0 Å². The van der Waals surface area contributed by atoms with Gasteiger partial charge in [-0.3, -0.25) is 14.9 Å². The summed E-state index contributed by atoms with van der Waals surface area (Å²) in [5.41, 5.74) is 1.16. The molecule has 0 spiro atoms. The Morgan fingerprint density at radius 1 is 1.42 bits per heavy atom. The molecule has 0 saturated carbocycles. The van der Waals surface area contributed by atoms with Crippen LogP contribution in [0.2, 0.25) is 13.1 Å². The fourth-order valence-corrected chi connectivity index (χ4v) is 1.79. The summed E-state index contributed by atoms with van der Waals surface area (Å²) in [5.74, 6) is -0.173. The Kier molecular flexibility index (Phi) is 4.69. The van der Waals surface area contributed by atoms with Crippen molar-refractivity contribution in [2.45, 2.75) is 39.3 Å². The lowest BCUT2D eigenvalue weighted by Gasteiger charge is -2.22. The molecular weight excluding hydrogens is 243 g/mol. The van der Waals surface area contributed by atoms with Crippen LogP contribution in [0.1, 0.15) is 26.3 Å². The number of nitro benzene ring substituents is 1. The normalized spacial score (nSPS) is 10.9. The van der Waals surface area contributed by atoms with Gasteiger partial charge in [-0.1, -0.05) is 27.6 Å². The van der Waals surface area contributed by atoms with E-state index in [1.54, 1.807) is 20.2 Å². The van der Waals surface area contributed by atoms with Gasteiger partial charge in [-0.25, -0.2) is 0 Å². The van der Waals surface area contributed by atoms with Gasteiger partial charge in [0.2, 0.25) is 5.91 Å². The van der Waals surface area contributed by atoms with Crippen molar-refractivity contribution in [2.75, 3.05) is 5.32 Å². The number of hydrogen-bond donors (Lipinski definition) is 1. The molecule has 5 nitrogen and oxygen atoms in total. The number of nitrogens with zero attached hydrogens (tertiary/aromatic N) is 1. The zero-order chi connectivity index (χ0) is 14.6. The number of rotatable bonds is 4. The molecule has 19 heavy (non-hydrogen) atoms. The van der Waals surface area contributed by atoms with Crippen molar-refractivity contribution >= 4 is 24.6 Å². The van der Waals surface area contributed by atoms with Crippen molar-refractivity contribution in [2.24, 2.45) is 0 Å². The molecule has 0 aliphatic rings. The van der Waals surface area contributed by atoms with E-state index in [2.05, 4.69) is 5.32 Å². The third kappa shape index (κ3) is 4.08. The molecule has 0 aliphatic heterocycles. The first-order valence-electron chi connectivity index (χ1n) is 6.12. The Hall–Kier alpha value is -1.85. The average molecular weight is 261 g/mol. The van der Waals surface area contributed by atoms with Crippen LogP contribution in [0.5, 0.6) is 0 Å². The van der Waals surface area contributed by atoms with E-state index in [-0.39, 0.29) is 23.3 Å². The number of amides is 1. The van der Waals surface area contributed by atoms with Crippen molar-refractivity contribution in [3.63, 3.8) is 0 Å². The number of carbonyl (C=O) groups excluding carboxylic acids is 1. The molecule has 0 unspecified atom stereocenters. The van der Waals surface area contributed by atoms with Gasteiger partial charge in [0.1, 0.15) is 7.28 Å². The number of nitro groups is 1. The van der Waals surface area contributed by atoms with Crippen molar-refractivity contribution in [3.8, 4) is 0 Å². The first kappa shape index (κ1) is 15.2. The fourth-order valence-electron chi connectivity index (χ4n) is 1.79. The maximum atomic E-state index is 11.7. The highest BCUT2D eigenvalue weighted by Gasteiger charge is 2.21. The molecule has 0 bridgehead atoms. The monoisotopic (exact) mass is 261 g/mol. The largest absolute Gasteiger partial charge is 0.326 e. The number of non-ortho nitro benzene ring substituents is 1. The summed E-state index contributed by atoms with van der Waals surface area (Å²) in [6, 6.07) is 4.57. The second-order valence-corrected chi connectivity index (χ2v) is 5.40. The molecule has 1 rings (SSSR count). The number of hydrogen-bond acceptors (Lipinski definition) is 3. The van der Waals surface area contributed by atoms with E-state index in [4.69, 9.17) is 0 Å².